The van der Waals surface area contributed by atoms with Crippen molar-refractivity contribution in [1.82, 2.24) is 24.6 Å². The van der Waals surface area contributed by atoms with Crippen molar-refractivity contribution in [2.24, 2.45) is 0 Å². The Morgan fingerprint density at radius 2 is 1.76 bits per heavy atom. The van der Waals surface area contributed by atoms with Gasteiger partial charge in [0.05, 0.1) is 18.8 Å². The average molecular weight is 514 g/mol. The molecule has 5 rings (SSSR count). The molecule has 3 aromatic carbocycles. The van der Waals surface area contributed by atoms with Crippen LogP contribution >= 0.6 is 0 Å². The molecule has 1 amide bonds. The number of para-hydroxylation sites is 1. The van der Waals surface area contributed by atoms with E-state index in [9.17, 15) is 9.59 Å². The monoisotopic (exact) mass is 513 g/mol. The number of amides is 1. The number of benzene rings is 3. The number of aromatic nitrogens is 3. The van der Waals surface area contributed by atoms with Gasteiger partial charge in [-0.05, 0) is 53.9 Å². The molecule has 0 fully saturated rings. The lowest BCUT2D eigenvalue weighted by Gasteiger charge is -2.22. The van der Waals surface area contributed by atoms with Gasteiger partial charge in [0.1, 0.15) is 25.3 Å². The van der Waals surface area contributed by atoms with Crippen LogP contribution in [0.4, 0.5) is 4.79 Å². The number of rotatable bonds is 10. The molecule has 38 heavy (non-hydrogen) atoms. The van der Waals surface area contributed by atoms with E-state index in [1.807, 2.05) is 66.7 Å². The molecule has 9 nitrogen and oxygen atoms in total. The van der Waals surface area contributed by atoms with E-state index in [1.54, 1.807) is 9.47 Å². The summed E-state index contributed by atoms with van der Waals surface area (Å²) in [5.41, 5.74) is 3.93. The first kappa shape index (κ1) is 25.3. The molecule has 1 aromatic heterocycles. The summed E-state index contributed by atoms with van der Waals surface area (Å²) in [6.45, 7) is 3.00. The number of ether oxygens (including phenoxy) is 2. The van der Waals surface area contributed by atoms with Gasteiger partial charge >= 0.3 is 11.8 Å². The molecule has 0 atom stereocenters. The van der Waals surface area contributed by atoms with Crippen LogP contribution in [0.5, 0.6) is 5.75 Å². The molecule has 4 aromatic rings. The van der Waals surface area contributed by atoms with Crippen LogP contribution in [0.2, 0.25) is 0 Å². The van der Waals surface area contributed by atoms with Gasteiger partial charge in [-0.25, -0.2) is 18.8 Å². The maximum Gasteiger partial charge on any atom is 0.410 e. The number of carbonyl (C=O) groups is 1. The smallest absolute Gasteiger partial charge is 0.410 e. The highest BCUT2D eigenvalue weighted by Gasteiger charge is 2.18. The molecule has 1 aliphatic heterocycles. The molecule has 1 N–H and O–H groups in total. The number of fused-ring (bicyclic) bond motifs is 1. The third kappa shape index (κ3) is 6.30. The van der Waals surface area contributed by atoms with Gasteiger partial charge < -0.3 is 19.7 Å². The second-order valence-electron chi connectivity index (χ2n) is 9.08. The molecular formula is C29H31N5O4. The van der Waals surface area contributed by atoms with Crippen LogP contribution in [0.1, 0.15) is 16.7 Å². The number of nitrogens with zero attached hydrogens (tertiary/aromatic N) is 4. The quantitative estimate of drug-likeness (QED) is 0.350. The zero-order chi connectivity index (χ0) is 26.2. The first-order chi connectivity index (χ1) is 18.7. The maximum absolute atomic E-state index is 13.1. The lowest BCUT2D eigenvalue weighted by molar-refractivity contribution is 0.0884. The number of hydrogen-bond donors (Lipinski definition) is 1. The van der Waals surface area contributed by atoms with E-state index in [0.717, 1.165) is 36.5 Å². The van der Waals surface area contributed by atoms with Gasteiger partial charge in [0.25, 0.3) is 0 Å². The zero-order valence-corrected chi connectivity index (χ0v) is 21.2. The summed E-state index contributed by atoms with van der Waals surface area (Å²) < 4.78 is 14.3. The standard InChI is InChI=1S/C29H31N5O4/c35-28-33(26-12-11-25-20-30-14-13-24(25)19-26)22-31-34(28)16-15-32(17-18-37-27-9-5-2-6-10-27)29(36)38-21-23-7-3-1-4-8-23/h1-12,19,22,30H,13-18,20-21H2. The normalized spacial score (nSPS) is 12.5. The molecular weight excluding hydrogens is 482 g/mol. The van der Waals surface area contributed by atoms with Crippen LogP contribution in [-0.4, -0.2) is 51.6 Å². The van der Waals surface area contributed by atoms with Crippen molar-refractivity contribution >= 4 is 6.09 Å². The van der Waals surface area contributed by atoms with Crippen LogP contribution in [0.3, 0.4) is 0 Å². The Morgan fingerprint density at radius 1 is 0.974 bits per heavy atom. The first-order valence-corrected chi connectivity index (χ1v) is 12.8. The minimum atomic E-state index is -0.471. The Labute approximate surface area is 221 Å². The van der Waals surface area contributed by atoms with Crippen molar-refractivity contribution in [2.75, 3.05) is 26.2 Å². The molecule has 0 saturated heterocycles. The molecule has 0 bridgehead atoms. The van der Waals surface area contributed by atoms with Crippen LogP contribution < -0.4 is 15.7 Å². The summed E-state index contributed by atoms with van der Waals surface area (Å²) in [6, 6.07) is 25.0. The Bertz CT molecular complexity index is 1400. The third-order valence-electron chi connectivity index (χ3n) is 6.51. The molecule has 0 radical (unpaired) electrons. The molecule has 0 aliphatic carbocycles. The van der Waals surface area contributed by atoms with Crippen molar-refractivity contribution in [3.05, 3.63) is 112 Å². The molecule has 0 saturated carbocycles. The van der Waals surface area contributed by atoms with E-state index in [4.69, 9.17) is 9.47 Å². The van der Waals surface area contributed by atoms with E-state index in [2.05, 4.69) is 22.5 Å². The lowest BCUT2D eigenvalue weighted by atomic mass is 10.0. The Morgan fingerprint density at radius 3 is 2.58 bits per heavy atom. The SMILES string of the molecule is O=C(OCc1ccccc1)N(CCOc1ccccc1)CCn1ncn(-c2ccc3c(c2)CCNC3)c1=O. The number of hydrogen-bond acceptors (Lipinski definition) is 6. The Kier molecular flexibility index (Phi) is 8.15. The molecule has 1 aliphatic rings. The Balaban J connectivity index is 1.25. The highest BCUT2D eigenvalue weighted by Crippen LogP contribution is 2.17. The van der Waals surface area contributed by atoms with Gasteiger partial charge in [-0.3, -0.25) is 0 Å². The number of nitrogens with one attached hydrogen (secondary N) is 1. The fourth-order valence-corrected chi connectivity index (χ4v) is 4.39. The van der Waals surface area contributed by atoms with Gasteiger partial charge in [0, 0.05) is 13.1 Å². The van der Waals surface area contributed by atoms with Gasteiger partial charge in [-0.1, -0.05) is 54.6 Å². The van der Waals surface area contributed by atoms with Crippen molar-refractivity contribution in [2.45, 2.75) is 26.1 Å². The number of carbonyl (C=O) groups excluding carboxylic acids is 1. The predicted octanol–water partition coefficient (Wildman–Crippen LogP) is 3.40. The third-order valence-corrected chi connectivity index (χ3v) is 6.51. The topological polar surface area (TPSA) is 90.6 Å². The van der Waals surface area contributed by atoms with E-state index in [0.29, 0.717) is 6.54 Å². The van der Waals surface area contributed by atoms with Gasteiger partial charge in [-0.2, -0.15) is 5.10 Å². The highest BCUT2D eigenvalue weighted by atomic mass is 16.6. The largest absolute Gasteiger partial charge is 0.492 e. The van der Waals surface area contributed by atoms with Crippen LogP contribution in [-0.2, 0) is 30.9 Å². The summed E-state index contributed by atoms with van der Waals surface area (Å²) in [4.78, 5) is 27.6. The van der Waals surface area contributed by atoms with E-state index in [1.165, 1.54) is 22.1 Å². The van der Waals surface area contributed by atoms with Crippen molar-refractivity contribution in [3.8, 4) is 11.4 Å². The summed E-state index contributed by atoms with van der Waals surface area (Å²) in [6.07, 6.45) is 1.99. The predicted molar refractivity (Wildman–Crippen MR) is 143 cm³/mol. The van der Waals surface area contributed by atoms with Gasteiger partial charge in [0.15, 0.2) is 0 Å². The molecule has 2 heterocycles. The van der Waals surface area contributed by atoms with Crippen molar-refractivity contribution in [3.63, 3.8) is 0 Å². The van der Waals surface area contributed by atoms with E-state index < -0.39 is 6.09 Å². The summed E-state index contributed by atoms with van der Waals surface area (Å²) >= 11 is 0. The molecule has 0 spiro atoms. The molecule has 196 valence electrons. The zero-order valence-electron chi connectivity index (χ0n) is 21.2. The summed E-state index contributed by atoms with van der Waals surface area (Å²) in [7, 11) is 0. The first-order valence-electron chi connectivity index (χ1n) is 12.8. The minimum absolute atomic E-state index is 0.165. The van der Waals surface area contributed by atoms with E-state index in [-0.39, 0.29) is 32.0 Å². The lowest BCUT2D eigenvalue weighted by Crippen LogP contribution is -2.39. The summed E-state index contributed by atoms with van der Waals surface area (Å²) in [5, 5.41) is 7.66. The minimum Gasteiger partial charge on any atom is -0.492 e. The highest BCUT2D eigenvalue weighted by molar-refractivity contribution is 5.67. The van der Waals surface area contributed by atoms with Crippen LogP contribution in [0.15, 0.2) is 90.0 Å². The van der Waals surface area contributed by atoms with Crippen LogP contribution in [0, 0.1) is 0 Å². The van der Waals surface area contributed by atoms with Crippen LogP contribution in [0.25, 0.3) is 5.69 Å². The van der Waals surface area contributed by atoms with Crippen molar-refractivity contribution < 1.29 is 14.3 Å². The molecule has 9 heteroatoms. The average Bonchev–Trinajstić information content (AvgIpc) is 3.34. The molecule has 0 unspecified atom stereocenters. The fraction of sp³-hybridized carbons (Fsp3) is 0.276. The maximum atomic E-state index is 13.1. The second kappa shape index (κ2) is 12.2. The van der Waals surface area contributed by atoms with E-state index >= 15 is 0 Å². The second-order valence-corrected chi connectivity index (χ2v) is 9.08. The fourth-order valence-electron chi connectivity index (χ4n) is 4.39. The van der Waals surface area contributed by atoms with Gasteiger partial charge in [0.2, 0.25) is 0 Å². The van der Waals surface area contributed by atoms with Gasteiger partial charge in [-0.15, -0.1) is 0 Å². The van der Waals surface area contributed by atoms with Crippen molar-refractivity contribution in [1.29, 1.82) is 0 Å². The Hall–Kier alpha value is -4.37. The summed E-state index contributed by atoms with van der Waals surface area (Å²) in [5.74, 6) is 0.723.